The van der Waals surface area contributed by atoms with Gasteiger partial charge in [0.2, 0.25) is 0 Å². The number of halogens is 1. The zero-order chi connectivity index (χ0) is 13.9. The number of hydrogen-bond donors (Lipinski definition) is 1. The maximum absolute atomic E-state index is 6.37. The second-order valence-corrected chi connectivity index (χ2v) is 5.78. The van der Waals surface area contributed by atoms with E-state index in [-0.39, 0.29) is 0 Å². The van der Waals surface area contributed by atoms with Crippen LogP contribution in [0.25, 0.3) is 0 Å². The summed E-state index contributed by atoms with van der Waals surface area (Å²) in [5.74, 6) is 1.55. The predicted molar refractivity (Wildman–Crippen MR) is 79.9 cm³/mol. The molecule has 2 aliphatic heterocycles. The van der Waals surface area contributed by atoms with Gasteiger partial charge in [0.05, 0.1) is 18.2 Å². The van der Waals surface area contributed by atoms with Gasteiger partial charge in [-0.3, -0.25) is 4.90 Å². The van der Waals surface area contributed by atoms with E-state index in [9.17, 15) is 0 Å². The molecule has 0 radical (unpaired) electrons. The number of rotatable bonds is 2. The van der Waals surface area contributed by atoms with Gasteiger partial charge in [-0.25, -0.2) is 0 Å². The van der Waals surface area contributed by atoms with Gasteiger partial charge < -0.3 is 14.8 Å². The summed E-state index contributed by atoms with van der Waals surface area (Å²) in [7, 11) is 0. The van der Waals surface area contributed by atoms with Crippen molar-refractivity contribution < 1.29 is 9.47 Å². The number of ether oxygens (including phenoxy) is 2. The van der Waals surface area contributed by atoms with Gasteiger partial charge in [-0.1, -0.05) is 11.6 Å². The number of hydrogen-bond acceptors (Lipinski definition) is 4. The van der Waals surface area contributed by atoms with Crippen LogP contribution in [0.2, 0.25) is 5.02 Å². The zero-order valence-electron chi connectivity index (χ0n) is 11.9. The first kappa shape index (κ1) is 14.0. The van der Waals surface area contributed by atoms with Crippen LogP contribution >= 0.6 is 11.6 Å². The molecular weight excluding hydrogens is 276 g/mol. The van der Waals surface area contributed by atoms with E-state index in [0.717, 1.165) is 50.5 Å². The van der Waals surface area contributed by atoms with Gasteiger partial charge >= 0.3 is 0 Å². The maximum atomic E-state index is 6.37. The fraction of sp³-hybridized carbons (Fsp3) is 0.600. The van der Waals surface area contributed by atoms with Gasteiger partial charge in [-0.2, -0.15) is 0 Å². The van der Waals surface area contributed by atoms with E-state index in [0.29, 0.717) is 24.0 Å². The molecule has 1 saturated heterocycles. The Bertz CT molecular complexity index is 487. The van der Waals surface area contributed by atoms with Gasteiger partial charge in [0.1, 0.15) is 0 Å². The fourth-order valence-corrected chi connectivity index (χ4v) is 3.01. The average Bonchev–Trinajstić information content (AvgIpc) is 2.72. The third kappa shape index (κ3) is 2.87. The largest absolute Gasteiger partial charge is 0.489 e. The van der Waals surface area contributed by atoms with Gasteiger partial charge in [0, 0.05) is 39.1 Å². The van der Waals surface area contributed by atoms with Crippen LogP contribution in [-0.2, 0) is 6.54 Å². The molecule has 2 aliphatic rings. The SMILES string of the molecule is Cc1c(CN2CCNCC2)cc(Cl)c2c1OCCCO2. The van der Waals surface area contributed by atoms with Crippen molar-refractivity contribution in [1.82, 2.24) is 10.2 Å². The minimum atomic E-state index is 0.664. The quantitative estimate of drug-likeness (QED) is 0.907. The summed E-state index contributed by atoms with van der Waals surface area (Å²) in [5, 5.41) is 4.04. The molecule has 0 aliphatic carbocycles. The summed E-state index contributed by atoms with van der Waals surface area (Å²) in [6.07, 6.45) is 0.900. The van der Waals surface area contributed by atoms with E-state index in [1.165, 1.54) is 5.56 Å². The summed E-state index contributed by atoms with van der Waals surface area (Å²) in [6.45, 7) is 8.64. The summed E-state index contributed by atoms with van der Waals surface area (Å²) in [4.78, 5) is 2.44. The number of fused-ring (bicyclic) bond motifs is 1. The first-order chi connectivity index (χ1) is 9.75. The lowest BCUT2D eigenvalue weighted by Crippen LogP contribution is -2.43. The van der Waals surface area contributed by atoms with Crippen LogP contribution in [0.1, 0.15) is 17.5 Å². The second kappa shape index (κ2) is 6.20. The Morgan fingerprint density at radius 3 is 2.65 bits per heavy atom. The molecule has 3 rings (SSSR count). The maximum Gasteiger partial charge on any atom is 0.180 e. The average molecular weight is 297 g/mol. The fourth-order valence-electron chi connectivity index (χ4n) is 2.74. The third-order valence-corrected chi connectivity index (χ3v) is 4.21. The highest BCUT2D eigenvalue weighted by atomic mass is 35.5. The van der Waals surface area contributed by atoms with Gasteiger partial charge in [-0.15, -0.1) is 0 Å². The van der Waals surface area contributed by atoms with E-state index in [4.69, 9.17) is 21.1 Å². The van der Waals surface area contributed by atoms with E-state index in [1.807, 2.05) is 6.07 Å². The molecule has 0 amide bonds. The van der Waals surface area contributed by atoms with Crippen LogP contribution in [0, 0.1) is 6.92 Å². The Labute approximate surface area is 125 Å². The predicted octanol–water partition coefficient (Wildman–Crippen LogP) is 2.21. The smallest absolute Gasteiger partial charge is 0.180 e. The highest BCUT2D eigenvalue weighted by Gasteiger charge is 2.21. The van der Waals surface area contributed by atoms with E-state index in [1.54, 1.807) is 0 Å². The summed E-state index contributed by atoms with van der Waals surface area (Å²) >= 11 is 6.37. The van der Waals surface area contributed by atoms with Crippen LogP contribution in [0.5, 0.6) is 11.5 Å². The second-order valence-electron chi connectivity index (χ2n) is 5.38. The van der Waals surface area contributed by atoms with Crippen molar-refractivity contribution in [1.29, 1.82) is 0 Å². The molecular formula is C15H21ClN2O2. The molecule has 20 heavy (non-hydrogen) atoms. The van der Waals surface area contributed by atoms with Crippen LogP contribution in [0.3, 0.4) is 0 Å². The van der Waals surface area contributed by atoms with E-state index in [2.05, 4.69) is 17.1 Å². The van der Waals surface area contributed by atoms with Crippen LogP contribution in [0.15, 0.2) is 6.07 Å². The Hall–Kier alpha value is -0.970. The number of nitrogens with one attached hydrogen (secondary N) is 1. The van der Waals surface area contributed by atoms with Crippen LogP contribution in [-0.4, -0.2) is 44.3 Å². The minimum absolute atomic E-state index is 0.664. The first-order valence-corrected chi connectivity index (χ1v) is 7.64. The topological polar surface area (TPSA) is 33.7 Å². The Balaban J connectivity index is 1.87. The van der Waals surface area contributed by atoms with Crippen molar-refractivity contribution in [3.8, 4) is 11.5 Å². The molecule has 1 fully saturated rings. The van der Waals surface area contributed by atoms with Crippen molar-refractivity contribution in [2.75, 3.05) is 39.4 Å². The van der Waals surface area contributed by atoms with Crippen LogP contribution in [0.4, 0.5) is 0 Å². The molecule has 0 unspecified atom stereocenters. The lowest BCUT2D eigenvalue weighted by Gasteiger charge is -2.28. The molecule has 0 spiro atoms. The van der Waals surface area contributed by atoms with Crippen molar-refractivity contribution in [3.05, 3.63) is 22.2 Å². The molecule has 5 heteroatoms. The number of benzene rings is 1. The molecule has 1 N–H and O–H groups in total. The molecule has 0 saturated carbocycles. The van der Waals surface area contributed by atoms with E-state index >= 15 is 0 Å². The number of nitrogens with zero attached hydrogens (tertiary/aromatic N) is 1. The molecule has 1 aromatic carbocycles. The highest BCUT2D eigenvalue weighted by molar-refractivity contribution is 6.32. The summed E-state index contributed by atoms with van der Waals surface area (Å²) in [5.41, 5.74) is 2.39. The Kier molecular flexibility index (Phi) is 4.34. The van der Waals surface area contributed by atoms with Gasteiger partial charge in [0.25, 0.3) is 0 Å². The minimum Gasteiger partial charge on any atom is -0.489 e. The van der Waals surface area contributed by atoms with Crippen molar-refractivity contribution in [2.24, 2.45) is 0 Å². The van der Waals surface area contributed by atoms with Crippen LogP contribution < -0.4 is 14.8 Å². The van der Waals surface area contributed by atoms with Crippen molar-refractivity contribution >= 4 is 11.6 Å². The molecule has 0 bridgehead atoms. The summed E-state index contributed by atoms with van der Waals surface area (Å²) < 4.78 is 11.6. The molecule has 4 nitrogen and oxygen atoms in total. The highest BCUT2D eigenvalue weighted by Crippen LogP contribution is 2.41. The van der Waals surface area contributed by atoms with Gasteiger partial charge in [0.15, 0.2) is 11.5 Å². The van der Waals surface area contributed by atoms with E-state index < -0.39 is 0 Å². The lowest BCUT2D eigenvalue weighted by molar-refractivity contribution is 0.232. The molecule has 0 atom stereocenters. The van der Waals surface area contributed by atoms with Crippen molar-refractivity contribution in [3.63, 3.8) is 0 Å². The van der Waals surface area contributed by atoms with Crippen molar-refractivity contribution in [2.45, 2.75) is 19.9 Å². The molecule has 1 aromatic rings. The molecule has 0 aromatic heterocycles. The zero-order valence-corrected chi connectivity index (χ0v) is 12.6. The Morgan fingerprint density at radius 1 is 1.20 bits per heavy atom. The monoisotopic (exact) mass is 296 g/mol. The van der Waals surface area contributed by atoms with Gasteiger partial charge in [-0.05, 0) is 24.1 Å². The standard InChI is InChI=1S/C15H21ClN2O2/c1-11-12(10-18-5-3-17-4-6-18)9-13(16)15-14(11)19-7-2-8-20-15/h9,17H,2-8,10H2,1H3. The first-order valence-electron chi connectivity index (χ1n) is 7.26. The third-order valence-electron chi connectivity index (χ3n) is 3.93. The lowest BCUT2D eigenvalue weighted by atomic mass is 10.1. The number of piperazine rings is 1. The molecule has 110 valence electrons. The Morgan fingerprint density at radius 2 is 1.90 bits per heavy atom. The summed E-state index contributed by atoms with van der Waals surface area (Å²) in [6, 6.07) is 2.03. The normalized spacial score (nSPS) is 19.7. The molecule has 2 heterocycles.